The van der Waals surface area contributed by atoms with Crippen molar-refractivity contribution in [2.45, 2.75) is 23.9 Å². The van der Waals surface area contributed by atoms with E-state index in [1.165, 1.54) is 4.68 Å². The fraction of sp³-hybridized carbons (Fsp3) is 0.231. The summed E-state index contributed by atoms with van der Waals surface area (Å²) in [6.45, 7) is 5.56. The van der Waals surface area contributed by atoms with Gasteiger partial charge in [0.25, 0.3) is 0 Å². The molecule has 5 nitrogen and oxygen atoms in total. The van der Waals surface area contributed by atoms with Crippen LogP contribution in [-0.2, 0) is 6.54 Å². The normalized spacial score (nSPS) is 12.1. The summed E-state index contributed by atoms with van der Waals surface area (Å²) < 4.78 is 28.2. The van der Waals surface area contributed by atoms with Gasteiger partial charge in [-0.1, -0.05) is 17.8 Å². The number of aromatic nitrogens is 4. The highest BCUT2D eigenvalue weighted by Gasteiger charge is 2.22. The van der Waals surface area contributed by atoms with Gasteiger partial charge in [0.2, 0.25) is 5.16 Å². The molecule has 0 saturated carbocycles. The maximum absolute atomic E-state index is 13.6. The van der Waals surface area contributed by atoms with Crippen molar-refractivity contribution in [2.75, 3.05) is 0 Å². The Labute approximate surface area is 124 Å². The number of ketones is 1. The Bertz CT molecular complexity index is 674. The molecule has 2 aromatic rings. The molecule has 1 aromatic heterocycles. The molecule has 0 unspecified atom stereocenters. The van der Waals surface area contributed by atoms with Gasteiger partial charge < -0.3 is 0 Å². The van der Waals surface area contributed by atoms with Gasteiger partial charge in [-0.05, 0) is 35.5 Å². The number of tetrazole rings is 1. The zero-order valence-electron chi connectivity index (χ0n) is 11.2. The molecule has 1 heterocycles. The minimum absolute atomic E-state index is 0.280. The van der Waals surface area contributed by atoms with E-state index in [1.807, 2.05) is 0 Å². The topological polar surface area (TPSA) is 60.7 Å². The summed E-state index contributed by atoms with van der Waals surface area (Å²) in [5.41, 5.74) is -0.280. The molecule has 0 bridgehead atoms. The highest BCUT2D eigenvalue weighted by atomic mass is 32.2. The summed E-state index contributed by atoms with van der Waals surface area (Å²) in [5.74, 6) is -1.93. The number of rotatable bonds is 6. The average Bonchev–Trinajstić information content (AvgIpc) is 2.88. The molecule has 0 spiro atoms. The Hall–Kier alpha value is -2.09. The number of hydrogen-bond donors (Lipinski definition) is 0. The highest BCUT2D eigenvalue weighted by Crippen LogP contribution is 2.24. The molecule has 0 saturated heterocycles. The van der Waals surface area contributed by atoms with E-state index < -0.39 is 22.7 Å². The maximum atomic E-state index is 13.6. The third kappa shape index (κ3) is 3.52. The minimum Gasteiger partial charge on any atom is -0.293 e. The standard InChI is InChI=1S/C13H12F2N4OS/c1-3-6-19-13(16-17-18-19)21-8(2)12(20)10-7-9(14)4-5-11(10)15/h3-5,7-8H,1,6H2,2H3/t8-/m1/s1. The van der Waals surface area contributed by atoms with Gasteiger partial charge in [-0.15, -0.1) is 11.7 Å². The number of allylic oxidation sites excluding steroid dienone is 1. The van der Waals surface area contributed by atoms with Gasteiger partial charge >= 0.3 is 0 Å². The van der Waals surface area contributed by atoms with Crippen LogP contribution in [0.4, 0.5) is 8.78 Å². The Morgan fingerprint density at radius 3 is 3.00 bits per heavy atom. The average molecular weight is 310 g/mol. The van der Waals surface area contributed by atoms with Crippen LogP contribution in [0.25, 0.3) is 0 Å². The van der Waals surface area contributed by atoms with E-state index in [9.17, 15) is 13.6 Å². The zero-order valence-corrected chi connectivity index (χ0v) is 12.0. The van der Waals surface area contributed by atoms with Crippen LogP contribution < -0.4 is 0 Å². The van der Waals surface area contributed by atoms with Crippen LogP contribution in [0, 0.1) is 11.6 Å². The van der Waals surface area contributed by atoms with Crippen molar-refractivity contribution in [3.8, 4) is 0 Å². The zero-order chi connectivity index (χ0) is 15.4. The van der Waals surface area contributed by atoms with E-state index in [4.69, 9.17) is 0 Å². The lowest BCUT2D eigenvalue weighted by molar-refractivity contribution is 0.0989. The van der Waals surface area contributed by atoms with Crippen LogP contribution in [0.15, 0.2) is 36.0 Å². The first kappa shape index (κ1) is 15.3. The number of carbonyl (C=O) groups is 1. The van der Waals surface area contributed by atoms with Gasteiger partial charge in [0.1, 0.15) is 11.6 Å². The molecule has 0 aliphatic carbocycles. The number of Topliss-reactive ketones (excluding diaryl/α,β-unsaturated/α-hetero) is 1. The van der Waals surface area contributed by atoms with E-state index >= 15 is 0 Å². The minimum atomic E-state index is -0.750. The molecule has 1 atom stereocenters. The van der Waals surface area contributed by atoms with Crippen molar-refractivity contribution in [1.82, 2.24) is 20.2 Å². The summed E-state index contributed by atoms with van der Waals surface area (Å²) in [6.07, 6.45) is 1.61. The second kappa shape index (κ2) is 6.57. The molecule has 110 valence electrons. The van der Waals surface area contributed by atoms with E-state index in [1.54, 1.807) is 13.0 Å². The summed E-state index contributed by atoms with van der Waals surface area (Å²) >= 11 is 1.07. The summed E-state index contributed by atoms with van der Waals surface area (Å²) in [7, 11) is 0. The molecule has 0 radical (unpaired) electrons. The number of benzene rings is 1. The largest absolute Gasteiger partial charge is 0.293 e. The first-order valence-electron chi connectivity index (χ1n) is 6.06. The molecule has 0 amide bonds. The van der Waals surface area contributed by atoms with Gasteiger partial charge in [0.05, 0.1) is 17.4 Å². The summed E-state index contributed by atoms with van der Waals surface area (Å²) in [5, 5.41) is 10.8. The lowest BCUT2D eigenvalue weighted by Crippen LogP contribution is -2.16. The lowest BCUT2D eigenvalue weighted by Gasteiger charge is -2.10. The molecular formula is C13H12F2N4OS. The highest BCUT2D eigenvalue weighted by molar-refractivity contribution is 8.00. The van der Waals surface area contributed by atoms with Crippen molar-refractivity contribution < 1.29 is 13.6 Å². The van der Waals surface area contributed by atoms with Crippen LogP contribution in [0.3, 0.4) is 0 Å². The Morgan fingerprint density at radius 1 is 1.52 bits per heavy atom. The van der Waals surface area contributed by atoms with Crippen LogP contribution in [0.2, 0.25) is 0 Å². The van der Waals surface area contributed by atoms with E-state index in [0.717, 1.165) is 30.0 Å². The number of nitrogens with zero attached hydrogens (tertiary/aromatic N) is 4. The first-order valence-corrected chi connectivity index (χ1v) is 6.94. The van der Waals surface area contributed by atoms with Crippen LogP contribution in [0.5, 0.6) is 0 Å². The molecular weight excluding hydrogens is 298 g/mol. The first-order chi connectivity index (χ1) is 10.0. The number of carbonyl (C=O) groups excluding carboxylic acids is 1. The number of halogens is 2. The molecule has 2 rings (SSSR count). The van der Waals surface area contributed by atoms with E-state index in [0.29, 0.717) is 11.7 Å². The maximum Gasteiger partial charge on any atom is 0.210 e. The van der Waals surface area contributed by atoms with Gasteiger partial charge in [-0.25, -0.2) is 13.5 Å². The Balaban J connectivity index is 2.17. The van der Waals surface area contributed by atoms with Gasteiger partial charge in [0.15, 0.2) is 5.78 Å². The second-order valence-electron chi connectivity index (χ2n) is 4.18. The summed E-state index contributed by atoms with van der Waals surface area (Å²) in [6, 6.07) is 2.79. The smallest absolute Gasteiger partial charge is 0.210 e. The Kier molecular flexibility index (Phi) is 4.79. The number of thioether (sulfide) groups is 1. The fourth-order valence-corrected chi connectivity index (χ4v) is 2.50. The monoisotopic (exact) mass is 310 g/mol. The molecule has 8 heteroatoms. The second-order valence-corrected chi connectivity index (χ2v) is 5.49. The molecule has 0 N–H and O–H groups in total. The van der Waals surface area contributed by atoms with Crippen molar-refractivity contribution in [3.63, 3.8) is 0 Å². The van der Waals surface area contributed by atoms with Crippen molar-refractivity contribution in [2.24, 2.45) is 0 Å². The third-order valence-corrected chi connectivity index (χ3v) is 3.72. The van der Waals surface area contributed by atoms with Crippen LogP contribution in [-0.4, -0.2) is 31.2 Å². The van der Waals surface area contributed by atoms with Crippen molar-refractivity contribution in [3.05, 3.63) is 48.1 Å². The molecule has 21 heavy (non-hydrogen) atoms. The summed E-state index contributed by atoms with van der Waals surface area (Å²) in [4.78, 5) is 12.2. The van der Waals surface area contributed by atoms with Crippen molar-refractivity contribution in [1.29, 1.82) is 0 Å². The predicted molar refractivity (Wildman–Crippen MR) is 74.0 cm³/mol. The van der Waals surface area contributed by atoms with E-state index in [-0.39, 0.29) is 5.56 Å². The molecule has 0 fully saturated rings. The van der Waals surface area contributed by atoms with Crippen LogP contribution >= 0.6 is 11.8 Å². The molecule has 0 aliphatic heterocycles. The van der Waals surface area contributed by atoms with Gasteiger partial charge in [-0.2, -0.15) is 0 Å². The van der Waals surface area contributed by atoms with E-state index in [2.05, 4.69) is 22.1 Å². The quantitative estimate of drug-likeness (QED) is 0.466. The van der Waals surface area contributed by atoms with Gasteiger partial charge in [-0.3, -0.25) is 4.79 Å². The predicted octanol–water partition coefficient (Wildman–Crippen LogP) is 2.50. The SMILES string of the molecule is C=CCn1nnnc1S[C@H](C)C(=O)c1cc(F)ccc1F. The van der Waals surface area contributed by atoms with Gasteiger partial charge in [0, 0.05) is 0 Å². The molecule has 1 aromatic carbocycles. The number of hydrogen-bond acceptors (Lipinski definition) is 5. The lowest BCUT2D eigenvalue weighted by atomic mass is 10.1. The fourth-order valence-electron chi connectivity index (χ4n) is 1.63. The molecule has 0 aliphatic rings. The van der Waals surface area contributed by atoms with Crippen LogP contribution in [0.1, 0.15) is 17.3 Å². The third-order valence-electron chi connectivity index (χ3n) is 2.65. The van der Waals surface area contributed by atoms with Crippen molar-refractivity contribution >= 4 is 17.5 Å². The Morgan fingerprint density at radius 2 is 2.29 bits per heavy atom.